The molecule has 1 amide bonds. The molecule has 3 N–H and O–H groups in total. The number of aromatic nitrogens is 1. The largest absolute Gasteiger partial charge is 0.389 e. The number of hydrogen-bond donors (Lipinski definition) is 2. The minimum Gasteiger partial charge on any atom is -0.389 e. The molecule has 1 heterocycles. The molecule has 4 nitrogen and oxygen atoms in total. The van der Waals surface area contributed by atoms with E-state index in [1.807, 2.05) is 0 Å². The molecule has 1 saturated carbocycles. The molecular weight excluding hydrogens is 258 g/mol. The van der Waals surface area contributed by atoms with Gasteiger partial charge in [-0.2, -0.15) is 0 Å². The molecule has 0 spiro atoms. The molecule has 1 aromatic rings. The van der Waals surface area contributed by atoms with Gasteiger partial charge in [-0.1, -0.05) is 26.1 Å². The number of carbonyl (C=O) groups excluding carboxylic acids is 1. The highest BCUT2D eigenvalue weighted by molar-refractivity contribution is 7.80. The highest BCUT2D eigenvalue weighted by atomic mass is 32.1. The van der Waals surface area contributed by atoms with Crippen molar-refractivity contribution >= 4 is 23.1 Å². The molecule has 0 aromatic carbocycles. The van der Waals surface area contributed by atoms with Gasteiger partial charge in [-0.3, -0.25) is 9.78 Å². The zero-order valence-electron chi connectivity index (χ0n) is 11.3. The van der Waals surface area contributed by atoms with Gasteiger partial charge in [0, 0.05) is 17.8 Å². The van der Waals surface area contributed by atoms with Gasteiger partial charge >= 0.3 is 0 Å². The van der Waals surface area contributed by atoms with Crippen LogP contribution in [0.1, 0.15) is 49.2 Å². The van der Waals surface area contributed by atoms with Gasteiger partial charge in [0.05, 0.1) is 0 Å². The number of nitrogens with zero attached hydrogens (tertiary/aromatic N) is 1. The molecule has 102 valence electrons. The number of thiocarbonyl (C=S) groups is 1. The van der Waals surface area contributed by atoms with Gasteiger partial charge in [0.1, 0.15) is 10.7 Å². The van der Waals surface area contributed by atoms with Gasteiger partial charge in [-0.15, -0.1) is 0 Å². The van der Waals surface area contributed by atoms with E-state index >= 15 is 0 Å². The van der Waals surface area contributed by atoms with Crippen molar-refractivity contribution in [3.63, 3.8) is 0 Å². The number of pyridine rings is 1. The fourth-order valence-corrected chi connectivity index (χ4v) is 2.61. The lowest BCUT2D eigenvalue weighted by atomic mass is 9.92. The quantitative estimate of drug-likeness (QED) is 0.830. The Kier molecular flexibility index (Phi) is 3.85. The summed E-state index contributed by atoms with van der Waals surface area (Å²) >= 11 is 4.85. The number of carbonyl (C=O) groups is 1. The average molecular weight is 277 g/mol. The van der Waals surface area contributed by atoms with Gasteiger partial charge in [-0.05, 0) is 36.8 Å². The minimum absolute atomic E-state index is 0.128. The Morgan fingerprint density at radius 1 is 1.53 bits per heavy atom. The molecule has 1 fully saturated rings. The minimum atomic E-state index is -0.128. The molecular formula is C14H19N3OS. The summed E-state index contributed by atoms with van der Waals surface area (Å²) in [5.41, 5.74) is 6.89. The maximum atomic E-state index is 12.1. The third-order valence-corrected chi connectivity index (χ3v) is 3.82. The summed E-state index contributed by atoms with van der Waals surface area (Å²) in [6.45, 7) is 4.46. The van der Waals surface area contributed by atoms with E-state index in [-0.39, 0.29) is 16.9 Å². The molecule has 19 heavy (non-hydrogen) atoms. The van der Waals surface area contributed by atoms with E-state index in [1.54, 1.807) is 12.1 Å². The van der Waals surface area contributed by atoms with Gasteiger partial charge in [0.25, 0.3) is 5.91 Å². The maximum absolute atomic E-state index is 12.1. The summed E-state index contributed by atoms with van der Waals surface area (Å²) in [4.78, 5) is 16.4. The van der Waals surface area contributed by atoms with E-state index in [0.29, 0.717) is 16.7 Å². The van der Waals surface area contributed by atoms with Crippen molar-refractivity contribution in [3.05, 3.63) is 29.6 Å². The first kappa shape index (κ1) is 13.9. The summed E-state index contributed by atoms with van der Waals surface area (Å²) in [6, 6.07) is 3.63. The fourth-order valence-electron chi connectivity index (χ4n) is 2.49. The van der Waals surface area contributed by atoms with Crippen LogP contribution in [0.2, 0.25) is 0 Å². The highest BCUT2D eigenvalue weighted by Crippen LogP contribution is 2.36. The maximum Gasteiger partial charge on any atom is 0.270 e. The zero-order chi connectivity index (χ0) is 14.0. The summed E-state index contributed by atoms with van der Waals surface area (Å²) in [7, 11) is 0. The number of nitrogens with two attached hydrogens (primary N) is 1. The van der Waals surface area contributed by atoms with E-state index in [2.05, 4.69) is 24.1 Å². The Bertz CT molecular complexity index is 496. The highest BCUT2D eigenvalue weighted by Gasteiger charge is 2.31. The summed E-state index contributed by atoms with van der Waals surface area (Å²) in [5, 5.41) is 3.03. The molecule has 0 radical (unpaired) electrons. The summed E-state index contributed by atoms with van der Waals surface area (Å²) in [5.74, 6) is -0.128. The molecule has 1 atom stereocenters. The van der Waals surface area contributed by atoms with E-state index in [0.717, 1.165) is 19.3 Å². The van der Waals surface area contributed by atoms with Crippen LogP contribution in [0.5, 0.6) is 0 Å². The van der Waals surface area contributed by atoms with Crippen molar-refractivity contribution in [2.45, 2.75) is 39.2 Å². The van der Waals surface area contributed by atoms with Crippen LogP contribution in [0, 0.1) is 5.41 Å². The van der Waals surface area contributed by atoms with Crippen molar-refractivity contribution in [2.24, 2.45) is 11.1 Å². The zero-order valence-corrected chi connectivity index (χ0v) is 12.1. The van der Waals surface area contributed by atoms with E-state index in [4.69, 9.17) is 18.0 Å². The van der Waals surface area contributed by atoms with E-state index in [9.17, 15) is 4.79 Å². The predicted molar refractivity (Wildman–Crippen MR) is 79.0 cm³/mol. The molecule has 0 aliphatic heterocycles. The first-order valence-corrected chi connectivity index (χ1v) is 6.85. The monoisotopic (exact) mass is 277 g/mol. The third kappa shape index (κ3) is 3.50. The first-order chi connectivity index (χ1) is 8.87. The molecule has 0 bridgehead atoms. The molecule has 1 unspecified atom stereocenters. The van der Waals surface area contributed by atoms with Crippen LogP contribution < -0.4 is 11.1 Å². The van der Waals surface area contributed by atoms with E-state index in [1.165, 1.54) is 6.20 Å². The molecule has 0 saturated heterocycles. The number of nitrogens with one attached hydrogen (secondary N) is 1. The Hall–Kier alpha value is -1.49. The lowest BCUT2D eigenvalue weighted by Gasteiger charge is -2.17. The normalized spacial score (nSPS) is 21.1. The molecule has 2 rings (SSSR count). The Labute approximate surface area is 118 Å². The second-order valence-corrected chi connectivity index (χ2v) is 6.31. The van der Waals surface area contributed by atoms with Crippen molar-refractivity contribution in [2.75, 3.05) is 0 Å². The van der Waals surface area contributed by atoms with Crippen LogP contribution >= 0.6 is 12.2 Å². The van der Waals surface area contributed by atoms with Crippen molar-refractivity contribution < 1.29 is 4.79 Å². The predicted octanol–water partition coefficient (Wildman–Crippen LogP) is 2.02. The second kappa shape index (κ2) is 5.25. The van der Waals surface area contributed by atoms with Gasteiger partial charge in [0.2, 0.25) is 0 Å². The molecule has 5 heteroatoms. The van der Waals surface area contributed by atoms with Crippen LogP contribution in [-0.4, -0.2) is 21.9 Å². The Morgan fingerprint density at radius 3 is 2.74 bits per heavy atom. The van der Waals surface area contributed by atoms with Gasteiger partial charge in [-0.25, -0.2) is 0 Å². The Balaban J connectivity index is 1.99. The number of rotatable bonds is 3. The van der Waals surface area contributed by atoms with Crippen molar-refractivity contribution in [1.29, 1.82) is 0 Å². The van der Waals surface area contributed by atoms with Crippen molar-refractivity contribution in [1.82, 2.24) is 10.3 Å². The number of hydrogen-bond acceptors (Lipinski definition) is 3. The van der Waals surface area contributed by atoms with Crippen LogP contribution in [0.15, 0.2) is 18.3 Å². The van der Waals surface area contributed by atoms with Crippen LogP contribution in [0.25, 0.3) is 0 Å². The second-order valence-electron chi connectivity index (χ2n) is 5.87. The topological polar surface area (TPSA) is 68.0 Å². The smallest absolute Gasteiger partial charge is 0.270 e. The van der Waals surface area contributed by atoms with Crippen LogP contribution in [-0.2, 0) is 0 Å². The van der Waals surface area contributed by atoms with Crippen LogP contribution in [0.3, 0.4) is 0 Å². The first-order valence-electron chi connectivity index (χ1n) is 6.44. The molecule has 1 aliphatic carbocycles. The average Bonchev–Trinajstić information content (AvgIpc) is 2.68. The SMILES string of the molecule is CC1(C)CCC(NC(=O)c2ccc(C(N)=S)cn2)C1. The van der Waals surface area contributed by atoms with Gasteiger partial charge < -0.3 is 11.1 Å². The number of amides is 1. The lowest BCUT2D eigenvalue weighted by Crippen LogP contribution is -2.34. The third-order valence-electron chi connectivity index (χ3n) is 3.58. The Morgan fingerprint density at radius 2 is 2.26 bits per heavy atom. The molecule has 1 aliphatic rings. The van der Waals surface area contributed by atoms with Gasteiger partial charge in [0.15, 0.2) is 0 Å². The van der Waals surface area contributed by atoms with Crippen molar-refractivity contribution in [3.8, 4) is 0 Å². The fraction of sp³-hybridized carbons (Fsp3) is 0.500. The van der Waals surface area contributed by atoms with E-state index < -0.39 is 0 Å². The summed E-state index contributed by atoms with van der Waals surface area (Å²) < 4.78 is 0. The standard InChI is InChI=1S/C14H19N3OS/c1-14(2)6-5-10(7-14)17-13(18)11-4-3-9(8-16-11)12(15)19/h3-4,8,10H,5-7H2,1-2H3,(H2,15,19)(H,17,18). The lowest BCUT2D eigenvalue weighted by molar-refractivity contribution is 0.0931. The molecule has 1 aromatic heterocycles. The summed E-state index contributed by atoms with van der Waals surface area (Å²) in [6.07, 6.45) is 4.73. The van der Waals surface area contributed by atoms with Crippen LogP contribution in [0.4, 0.5) is 0 Å².